The van der Waals surface area contributed by atoms with Crippen molar-refractivity contribution < 1.29 is 18.5 Å². The summed E-state index contributed by atoms with van der Waals surface area (Å²) in [5, 5.41) is 9.71. The average Bonchev–Trinajstić information content (AvgIpc) is 2.73. The molecule has 7 heteroatoms. The summed E-state index contributed by atoms with van der Waals surface area (Å²) in [6.45, 7) is 1.54. The highest BCUT2D eigenvalue weighted by molar-refractivity contribution is 7.84. The van der Waals surface area contributed by atoms with Crippen molar-refractivity contribution in [2.75, 3.05) is 0 Å². The minimum atomic E-state index is -1.47. The lowest BCUT2D eigenvalue weighted by Crippen LogP contribution is -1.97. The smallest absolute Gasteiger partial charge is 0.339 e. The number of carboxylic acid groups (broad SMARTS) is 1. The van der Waals surface area contributed by atoms with E-state index in [0.717, 1.165) is 0 Å². The zero-order valence-electron chi connectivity index (χ0n) is 10.4. The molecule has 0 saturated heterocycles. The van der Waals surface area contributed by atoms with Gasteiger partial charge in [-0.1, -0.05) is 23.2 Å². The van der Waals surface area contributed by atoms with Gasteiger partial charge in [0.05, 0.1) is 26.5 Å². The lowest BCUT2D eigenvalue weighted by atomic mass is 10.2. The van der Waals surface area contributed by atoms with Crippen molar-refractivity contribution in [1.82, 2.24) is 0 Å². The van der Waals surface area contributed by atoms with Crippen LogP contribution in [0.15, 0.2) is 33.6 Å². The SMILES string of the molecule is Cc1oc(CS(=O)c2cc(Cl)ccc2Cl)cc1C(=O)O. The normalized spacial score (nSPS) is 12.3. The fraction of sp³-hybridized carbons (Fsp3) is 0.154. The van der Waals surface area contributed by atoms with Crippen LogP contribution in [0.1, 0.15) is 21.9 Å². The van der Waals surface area contributed by atoms with Gasteiger partial charge in [-0.05, 0) is 31.2 Å². The molecule has 0 spiro atoms. The van der Waals surface area contributed by atoms with Crippen LogP contribution in [-0.2, 0) is 16.6 Å². The maximum absolute atomic E-state index is 12.2. The quantitative estimate of drug-likeness (QED) is 0.921. The Kier molecular flexibility index (Phi) is 4.52. The zero-order chi connectivity index (χ0) is 14.9. The van der Waals surface area contributed by atoms with E-state index in [1.165, 1.54) is 12.1 Å². The van der Waals surface area contributed by atoms with E-state index in [9.17, 15) is 9.00 Å². The highest BCUT2D eigenvalue weighted by atomic mass is 35.5. The standard InChI is InChI=1S/C13H10Cl2O4S/c1-7-10(13(16)17)5-9(19-7)6-20(18)12-4-8(14)2-3-11(12)15/h2-5H,6H2,1H3,(H,16,17). The first-order chi connectivity index (χ1) is 9.38. The van der Waals surface area contributed by atoms with E-state index in [1.807, 2.05) is 0 Å². The second-order valence-electron chi connectivity index (χ2n) is 4.05. The summed E-state index contributed by atoms with van der Waals surface area (Å²) in [6, 6.07) is 6.05. The Morgan fingerprint density at radius 3 is 2.65 bits per heavy atom. The van der Waals surface area contributed by atoms with E-state index < -0.39 is 16.8 Å². The first kappa shape index (κ1) is 15.1. The average molecular weight is 333 g/mol. The van der Waals surface area contributed by atoms with Crippen molar-refractivity contribution in [3.8, 4) is 0 Å². The van der Waals surface area contributed by atoms with Gasteiger partial charge in [-0.2, -0.15) is 0 Å². The Labute approximate surface area is 127 Å². The zero-order valence-corrected chi connectivity index (χ0v) is 12.7. The first-order valence-corrected chi connectivity index (χ1v) is 7.62. The summed E-state index contributed by atoms with van der Waals surface area (Å²) in [4.78, 5) is 11.3. The Bertz CT molecular complexity index is 694. The monoisotopic (exact) mass is 332 g/mol. The second-order valence-corrected chi connectivity index (χ2v) is 6.32. The van der Waals surface area contributed by atoms with Crippen LogP contribution in [0, 0.1) is 6.92 Å². The van der Waals surface area contributed by atoms with Gasteiger partial charge in [0, 0.05) is 5.02 Å². The molecule has 0 aliphatic heterocycles. The number of rotatable bonds is 4. The summed E-state index contributed by atoms with van der Waals surface area (Å²) in [7, 11) is -1.47. The summed E-state index contributed by atoms with van der Waals surface area (Å²) in [5.41, 5.74) is 0.0641. The molecule has 0 radical (unpaired) electrons. The van der Waals surface area contributed by atoms with Gasteiger partial charge in [0.2, 0.25) is 0 Å². The van der Waals surface area contributed by atoms with Gasteiger partial charge >= 0.3 is 5.97 Å². The van der Waals surface area contributed by atoms with Crippen LogP contribution in [0.4, 0.5) is 0 Å². The fourth-order valence-corrected chi connectivity index (χ4v) is 3.40. The highest BCUT2D eigenvalue weighted by Gasteiger charge is 2.17. The molecule has 2 aromatic rings. The van der Waals surface area contributed by atoms with Gasteiger partial charge in [0.25, 0.3) is 0 Å². The van der Waals surface area contributed by atoms with Crippen molar-refractivity contribution in [3.63, 3.8) is 0 Å². The molecule has 2 rings (SSSR count). The lowest BCUT2D eigenvalue weighted by molar-refractivity contribution is 0.0695. The van der Waals surface area contributed by atoms with Crippen LogP contribution < -0.4 is 0 Å². The molecule has 0 aliphatic carbocycles. The van der Waals surface area contributed by atoms with E-state index in [2.05, 4.69) is 0 Å². The molecule has 106 valence electrons. The van der Waals surface area contributed by atoms with Crippen LogP contribution in [0.5, 0.6) is 0 Å². The number of halogens is 2. The van der Waals surface area contributed by atoms with Crippen LogP contribution in [0.25, 0.3) is 0 Å². The van der Waals surface area contributed by atoms with Gasteiger partial charge in [-0.3, -0.25) is 4.21 Å². The third-order valence-electron chi connectivity index (χ3n) is 2.61. The molecule has 1 aromatic carbocycles. The molecule has 4 nitrogen and oxygen atoms in total. The van der Waals surface area contributed by atoms with Crippen molar-refractivity contribution >= 4 is 40.0 Å². The van der Waals surface area contributed by atoms with E-state index in [1.54, 1.807) is 19.1 Å². The predicted molar refractivity (Wildman–Crippen MR) is 77.0 cm³/mol. The second kappa shape index (κ2) is 5.99. The molecule has 0 bridgehead atoms. The lowest BCUT2D eigenvalue weighted by Gasteiger charge is -2.03. The number of benzene rings is 1. The molecule has 0 fully saturated rings. The topological polar surface area (TPSA) is 67.5 Å². The minimum absolute atomic E-state index is 0.0359. The predicted octanol–water partition coefficient (Wildman–Crippen LogP) is 3.90. The Morgan fingerprint density at radius 2 is 2.05 bits per heavy atom. The molecular formula is C13H10Cl2O4S. The molecule has 0 saturated carbocycles. The van der Waals surface area contributed by atoms with Gasteiger partial charge in [-0.15, -0.1) is 0 Å². The molecule has 1 aromatic heterocycles. The van der Waals surface area contributed by atoms with Crippen LogP contribution >= 0.6 is 23.2 Å². The summed E-state index contributed by atoms with van der Waals surface area (Å²) < 4.78 is 17.5. The number of aryl methyl sites for hydroxylation is 1. The first-order valence-electron chi connectivity index (χ1n) is 5.54. The molecule has 1 atom stereocenters. The van der Waals surface area contributed by atoms with Crippen molar-refractivity contribution in [2.24, 2.45) is 0 Å². The van der Waals surface area contributed by atoms with Crippen molar-refractivity contribution in [1.29, 1.82) is 0 Å². The Hall–Kier alpha value is -1.30. The number of carbonyl (C=O) groups is 1. The third-order valence-corrected chi connectivity index (χ3v) is 4.66. The largest absolute Gasteiger partial charge is 0.478 e. The maximum atomic E-state index is 12.2. The van der Waals surface area contributed by atoms with E-state index >= 15 is 0 Å². The molecule has 0 amide bonds. The molecule has 1 unspecified atom stereocenters. The van der Waals surface area contributed by atoms with Gasteiger partial charge in [0.15, 0.2) is 0 Å². The van der Waals surface area contributed by atoms with E-state index in [4.69, 9.17) is 32.7 Å². The van der Waals surface area contributed by atoms with Crippen LogP contribution in [-0.4, -0.2) is 15.3 Å². The summed E-state index contributed by atoms with van der Waals surface area (Å²) >= 11 is 11.8. The molecule has 20 heavy (non-hydrogen) atoms. The molecule has 1 heterocycles. The van der Waals surface area contributed by atoms with Crippen molar-refractivity contribution in [3.05, 3.63) is 51.4 Å². The fourth-order valence-electron chi connectivity index (χ4n) is 1.69. The number of furan rings is 1. The number of hydrogen-bond donors (Lipinski definition) is 1. The minimum Gasteiger partial charge on any atom is -0.478 e. The van der Waals surface area contributed by atoms with E-state index in [0.29, 0.717) is 20.7 Å². The van der Waals surface area contributed by atoms with Gasteiger partial charge in [-0.25, -0.2) is 4.79 Å². The van der Waals surface area contributed by atoms with Crippen LogP contribution in [0.2, 0.25) is 10.0 Å². The van der Waals surface area contributed by atoms with Gasteiger partial charge < -0.3 is 9.52 Å². The maximum Gasteiger partial charge on any atom is 0.339 e. The number of carboxylic acids is 1. The Balaban J connectivity index is 2.26. The van der Waals surface area contributed by atoms with Crippen LogP contribution in [0.3, 0.4) is 0 Å². The summed E-state index contributed by atoms with van der Waals surface area (Å²) in [6.07, 6.45) is 0. The van der Waals surface area contributed by atoms with E-state index in [-0.39, 0.29) is 17.1 Å². The Morgan fingerprint density at radius 1 is 1.35 bits per heavy atom. The summed E-state index contributed by atoms with van der Waals surface area (Å²) in [5.74, 6) is -0.436. The molecule has 0 aliphatic rings. The molecular weight excluding hydrogens is 323 g/mol. The molecule has 1 N–H and O–H groups in total. The van der Waals surface area contributed by atoms with Crippen molar-refractivity contribution in [2.45, 2.75) is 17.6 Å². The number of hydrogen-bond acceptors (Lipinski definition) is 3. The van der Waals surface area contributed by atoms with Gasteiger partial charge in [0.1, 0.15) is 17.1 Å². The number of aromatic carboxylic acids is 1. The highest BCUT2D eigenvalue weighted by Crippen LogP contribution is 2.26. The third kappa shape index (κ3) is 3.23.